The van der Waals surface area contributed by atoms with Crippen molar-refractivity contribution in [3.05, 3.63) is 34.9 Å². The molecule has 0 spiro atoms. The lowest BCUT2D eigenvalue weighted by Gasteiger charge is -2.18. The van der Waals surface area contributed by atoms with Crippen molar-refractivity contribution in [3.8, 4) is 0 Å². The zero-order chi connectivity index (χ0) is 12.3. The lowest BCUT2D eigenvalue weighted by atomic mass is 10.0. The molecule has 0 saturated carbocycles. The van der Waals surface area contributed by atoms with Crippen LogP contribution in [0.25, 0.3) is 0 Å². The fourth-order valence-corrected chi connectivity index (χ4v) is 2.34. The predicted octanol–water partition coefficient (Wildman–Crippen LogP) is 2.35. The molecule has 1 fully saturated rings. The Bertz CT molecular complexity index is 402. The number of rotatable bonds is 3. The molecule has 1 heterocycles. The summed E-state index contributed by atoms with van der Waals surface area (Å²) in [6, 6.07) is 7.14. The Morgan fingerprint density at radius 3 is 2.76 bits per heavy atom. The molecule has 1 amide bonds. The highest BCUT2D eigenvalue weighted by molar-refractivity contribution is 6.30. The molecule has 1 unspecified atom stereocenters. The lowest BCUT2D eigenvalue weighted by molar-refractivity contribution is -0.130. The van der Waals surface area contributed by atoms with Crippen LogP contribution >= 0.6 is 11.6 Å². The van der Waals surface area contributed by atoms with Gasteiger partial charge in [0.2, 0.25) is 5.91 Å². The van der Waals surface area contributed by atoms with E-state index in [0.717, 1.165) is 31.5 Å². The highest BCUT2D eigenvalue weighted by Gasteiger charge is 2.20. The first-order valence-electron chi connectivity index (χ1n) is 5.95. The van der Waals surface area contributed by atoms with Crippen molar-refractivity contribution in [2.75, 3.05) is 13.1 Å². The van der Waals surface area contributed by atoms with Crippen LogP contribution in [0.5, 0.6) is 0 Å². The Kier molecular flexibility index (Phi) is 4.02. The Morgan fingerprint density at radius 1 is 1.41 bits per heavy atom. The monoisotopic (exact) mass is 252 g/mol. The van der Waals surface area contributed by atoms with E-state index in [1.54, 1.807) is 6.07 Å². The Balaban J connectivity index is 1.96. The summed E-state index contributed by atoms with van der Waals surface area (Å²) < 4.78 is 0. The van der Waals surface area contributed by atoms with Gasteiger partial charge in [0.25, 0.3) is 0 Å². The van der Waals surface area contributed by atoms with Crippen molar-refractivity contribution >= 4 is 17.5 Å². The smallest absolute Gasteiger partial charge is 0.224 e. The summed E-state index contributed by atoms with van der Waals surface area (Å²) in [4.78, 5) is 13.8. The van der Waals surface area contributed by atoms with E-state index in [9.17, 15) is 4.79 Å². The molecule has 0 radical (unpaired) electrons. The average molecular weight is 253 g/mol. The molecular weight excluding hydrogens is 236 g/mol. The van der Waals surface area contributed by atoms with Gasteiger partial charge in [-0.1, -0.05) is 23.7 Å². The van der Waals surface area contributed by atoms with Gasteiger partial charge < -0.3 is 10.6 Å². The lowest BCUT2D eigenvalue weighted by Crippen LogP contribution is -2.30. The number of carbonyl (C=O) groups excluding carboxylic acids is 1. The second-order valence-electron chi connectivity index (χ2n) is 4.45. The third-order valence-corrected chi connectivity index (χ3v) is 3.37. The predicted molar refractivity (Wildman–Crippen MR) is 68.8 cm³/mol. The maximum atomic E-state index is 11.9. The number of amides is 1. The normalized spacial score (nSPS) is 17.2. The minimum absolute atomic E-state index is 0.148. The summed E-state index contributed by atoms with van der Waals surface area (Å²) in [6.45, 7) is 1.75. The molecule has 17 heavy (non-hydrogen) atoms. The van der Waals surface area contributed by atoms with E-state index in [2.05, 4.69) is 0 Å². The van der Waals surface area contributed by atoms with Gasteiger partial charge in [-0.15, -0.1) is 0 Å². The average Bonchev–Trinajstić information content (AvgIpc) is 2.82. The molecule has 0 aliphatic carbocycles. The summed E-state index contributed by atoms with van der Waals surface area (Å²) in [5, 5.41) is 0.659. The molecule has 1 aliphatic rings. The van der Waals surface area contributed by atoms with Gasteiger partial charge in [0.15, 0.2) is 0 Å². The van der Waals surface area contributed by atoms with Crippen molar-refractivity contribution in [1.82, 2.24) is 4.90 Å². The van der Waals surface area contributed by atoms with Gasteiger partial charge in [0.1, 0.15) is 0 Å². The Labute approximate surface area is 107 Å². The van der Waals surface area contributed by atoms with E-state index < -0.39 is 0 Å². The quantitative estimate of drug-likeness (QED) is 0.898. The maximum absolute atomic E-state index is 11.9. The molecule has 1 aliphatic heterocycles. The number of nitrogens with zero attached hydrogens (tertiary/aromatic N) is 1. The van der Waals surface area contributed by atoms with Gasteiger partial charge in [-0.25, -0.2) is 0 Å². The second-order valence-corrected chi connectivity index (χ2v) is 4.89. The van der Waals surface area contributed by atoms with Gasteiger partial charge in [-0.2, -0.15) is 0 Å². The van der Waals surface area contributed by atoms with E-state index >= 15 is 0 Å². The van der Waals surface area contributed by atoms with Crippen LogP contribution < -0.4 is 5.73 Å². The first-order chi connectivity index (χ1) is 8.16. The van der Waals surface area contributed by atoms with Crippen LogP contribution in [0, 0.1) is 0 Å². The van der Waals surface area contributed by atoms with Crippen molar-refractivity contribution in [2.45, 2.75) is 25.3 Å². The SMILES string of the molecule is NC(CC(=O)N1CCCC1)c1cccc(Cl)c1. The van der Waals surface area contributed by atoms with Crippen LogP contribution in [0.3, 0.4) is 0 Å². The fourth-order valence-electron chi connectivity index (χ4n) is 2.14. The minimum Gasteiger partial charge on any atom is -0.343 e. The Hall–Kier alpha value is -1.06. The molecule has 1 saturated heterocycles. The van der Waals surface area contributed by atoms with Crippen molar-refractivity contribution in [3.63, 3.8) is 0 Å². The highest BCUT2D eigenvalue weighted by Crippen LogP contribution is 2.20. The fraction of sp³-hybridized carbons (Fsp3) is 0.462. The van der Waals surface area contributed by atoms with E-state index in [0.29, 0.717) is 11.4 Å². The zero-order valence-electron chi connectivity index (χ0n) is 9.73. The largest absolute Gasteiger partial charge is 0.343 e. The van der Waals surface area contributed by atoms with E-state index in [-0.39, 0.29) is 11.9 Å². The molecule has 2 rings (SSSR count). The van der Waals surface area contributed by atoms with E-state index in [4.69, 9.17) is 17.3 Å². The number of hydrogen-bond donors (Lipinski definition) is 1. The molecule has 92 valence electrons. The zero-order valence-corrected chi connectivity index (χ0v) is 10.5. The van der Waals surface area contributed by atoms with Gasteiger partial charge in [-0.3, -0.25) is 4.79 Å². The number of carbonyl (C=O) groups is 1. The second kappa shape index (κ2) is 5.52. The molecule has 4 heteroatoms. The first kappa shape index (κ1) is 12.4. The van der Waals surface area contributed by atoms with Crippen molar-refractivity contribution < 1.29 is 4.79 Å². The number of nitrogens with two attached hydrogens (primary N) is 1. The number of likely N-dealkylation sites (tertiary alicyclic amines) is 1. The minimum atomic E-state index is -0.262. The topological polar surface area (TPSA) is 46.3 Å². The third kappa shape index (κ3) is 3.20. The summed E-state index contributed by atoms with van der Waals surface area (Å²) >= 11 is 5.90. The van der Waals surface area contributed by atoms with Crippen molar-refractivity contribution in [2.24, 2.45) is 5.73 Å². The molecule has 2 N–H and O–H groups in total. The molecule has 1 aromatic carbocycles. The van der Waals surface area contributed by atoms with Crippen molar-refractivity contribution in [1.29, 1.82) is 0 Å². The van der Waals surface area contributed by atoms with Gasteiger partial charge in [0.05, 0.1) is 0 Å². The van der Waals surface area contributed by atoms with Crippen LogP contribution in [0.4, 0.5) is 0 Å². The summed E-state index contributed by atoms with van der Waals surface area (Å²) in [5.74, 6) is 0.148. The van der Waals surface area contributed by atoms with Gasteiger partial charge in [0, 0.05) is 30.6 Å². The van der Waals surface area contributed by atoms with Crippen LogP contribution in [0.15, 0.2) is 24.3 Å². The maximum Gasteiger partial charge on any atom is 0.224 e. The van der Waals surface area contributed by atoms with Crippen LogP contribution in [-0.2, 0) is 4.79 Å². The first-order valence-corrected chi connectivity index (χ1v) is 6.33. The molecule has 1 atom stereocenters. The van der Waals surface area contributed by atoms with Crippen LogP contribution in [0.1, 0.15) is 30.9 Å². The van der Waals surface area contributed by atoms with Crippen LogP contribution in [-0.4, -0.2) is 23.9 Å². The van der Waals surface area contributed by atoms with E-state index in [1.165, 1.54) is 0 Å². The van der Waals surface area contributed by atoms with Gasteiger partial charge in [-0.05, 0) is 30.5 Å². The molecule has 0 bridgehead atoms. The van der Waals surface area contributed by atoms with E-state index in [1.807, 2.05) is 23.1 Å². The number of benzene rings is 1. The number of hydrogen-bond acceptors (Lipinski definition) is 2. The molecule has 1 aromatic rings. The molecular formula is C13H17ClN2O. The van der Waals surface area contributed by atoms with Gasteiger partial charge >= 0.3 is 0 Å². The summed E-state index contributed by atoms with van der Waals surface area (Å²) in [6.07, 6.45) is 2.58. The highest BCUT2D eigenvalue weighted by atomic mass is 35.5. The third-order valence-electron chi connectivity index (χ3n) is 3.13. The summed E-state index contributed by atoms with van der Waals surface area (Å²) in [5.41, 5.74) is 6.95. The Morgan fingerprint density at radius 2 is 2.12 bits per heavy atom. The molecule has 0 aromatic heterocycles. The summed E-state index contributed by atoms with van der Waals surface area (Å²) in [7, 11) is 0. The number of halogens is 1. The molecule has 3 nitrogen and oxygen atoms in total. The van der Waals surface area contributed by atoms with Crippen LogP contribution in [0.2, 0.25) is 5.02 Å². The standard InChI is InChI=1S/C13H17ClN2O/c14-11-5-3-4-10(8-11)12(15)9-13(17)16-6-1-2-7-16/h3-5,8,12H,1-2,6-7,9,15H2.